The predicted octanol–water partition coefficient (Wildman–Crippen LogP) is 13.0. The van der Waals surface area contributed by atoms with Crippen molar-refractivity contribution in [3.63, 3.8) is 0 Å². The second-order valence-corrected chi connectivity index (χ2v) is 26.2. The van der Waals surface area contributed by atoms with Gasteiger partial charge in [-0.2, -0.15) is 29.9 Å². The Morgan fingerprint density at radius 2 is 0.842 bits per heavy atom. The lowest BCUT2D eigenvalue weighted by molar-refractivity contribution is 0.249. The molecular weight excluding hydrogens is 1260 g/mol. The number of hydrogen-bond acceptors (Lipinski definition) is 23. The van der Waals surface area contributed by atoms with Crippen molar-refractivity contribution in [2.75, 3.05) is 176 Å². The highest BCUT2D eigenvalue weighted by molar-refractivity contribution is 5.66. The fraction of sp³-hybridized carbons (Fsp3) is 0.359. The number of nitrogens with one attached hydrogen (secondary N) is 3. The van der Waals surface area contributed by atoms with Gasteiger partial charge in [0.25, 0.3) is 0 Å². The van der Waals surface area contributed by atoms with E-state index in [-0.39, 0.29) is 7.43 Å². The molecule has 23 nitrogen and oxygen atoms in total. The van der Waals surface area contributed by atoms with E-state index in [1.165, 1.54) is 48.8 Å². The van der Waals surface area contributed by atoms with E-state index in [1.807, 2.05) is 124 Å². The Labute approximate surface area is 596 Å². The van der Waals surface area contributed by atoms with Crippen molar-refractivity contribution in [2.24, 2.45) is 0 Å². The van der Waals surface area contributed by atoms with Gasteiger partial charge in [-0.25, -0.2) is 9.97 Å². The topological polar surface area (TPSA) is 203 Å². The number of nitrogens with zero attached hydrogens (tertiary/aromatic N) is 19. The average Bonchev–Trinajstić information content (AvgIpc) is 0.833. The molecule has 5 aromatic carbocycles. The van der Waals surface area contributed by atoms with Crippen LogP contribution in [0.5, 0.6) is 5.75 Å². The molecule has 1 aliphatic carbocycles. The summed E-state index contributed by atoms with van der Waals surface area (Å²) in [5.41, 5.74) is 8.19. The maximum atomic E-state index is 5.99. The number of anilines is 14. The molecule has 101 heavy (non-hydrogen) atoms. The zero-order valence-corrected chi connectivity index (χ0v) is 58.8. The van der Waals surface area contributed by atoms with Crippen molar-refractivity contribution < 1.29 is 4.74 Å². The number of piperazine rings is 3. The second-order valence-electron chi connectivity index (χ2n) is 26.2. The van der Waals surface area contributed by atoms with Crippen molar-refractivity contribution in [2.45, 2.75) is 65.5 Å². The van der Waals surface area contributed by atoms with Crippen molar-refractivity contribution in [1.82, 2.24) is 54.7 Å². The van der Waals surface area contributed by atoms with Crippen molar-refractivity contribution in [3.05, 3.63) is 211 Å². The van der Waals surface area contributed by atoms with E-state index in [0.29, 0.717) is 18.5 Å². The van der Waals surface area contributed by atoms with Crippen LogP contribution in [0, 0.1) is 6.92 Å². The number of aryl methyl sites for hydroxylation is 1. The highest BCUT2D eigenvalue weighted by Crippen LogP contribution is 2.34. The molecule has 0 atom stereocenters. The highest BCUT2D eigenvalue weighted by Gasteiger charge is 2.25. The van der Waals surface area contributed by atoms with Gasteiger partial charge in [0.2, 0.25) is 17.8 Å². The van der Waals surface area contributed by atoms with Crippen molar-refractivity contribution >= 4 is 81.5 Å². The van der Waals surface area contributed by atoms with E-state index in [9.17, 15) is 0 Å². The van der Waals surface area contributed by atoms with Crippen molar-refractivity contribution in [3.8, 4) is 5.75 Å². The van der Waals surface area contributed by atoms with Gasteiger partial charge in [-0.05, 0) is 78.8 Å². The number of ether oxygens (including phenoxy) is 1. The van der Waals surface area contributed by atoms with E-state index in [1.54, 1.807) is 31.0 Å². The minimum absolute atomic E-state index is 0. The summed E-state index contributed by atoms with van der Waals surface area (Å²) >= 11 is 0. The van der Waals surface area contributed by atoms with Gasteiger partial charge in [-0.15, -0.1) is 0 Å². The number of benzene rings is 5. The van der Waals surface area contributed by atoms with Gasteiger partial charge in [0.15, 0.2) is 0 Å². The van der Waals surface area contributed by atoms with Gasteiger partial charge >= 0.3 is 0 Å². The van der Waals surface area contributed by atoms with Crippen LogP contribution in [0.2, 0.25) is 0 Å². The second kappa shape index (κ2) is 35.2. The molecular formula is C78H98N22O. The molecule has 4 fully saturated rings. The summed E-state index contributed by atoms with van der Waals surface area (Å²) in [6.07, 6.45) is 17.2. The Hall–Kier alpha value is -10.9. The molecule has 14 rings (SSSR count). The molecule has 526 valence electrons. The Morgan fingerprint density at radius 1 is 0.416 bits per heavy atom. The largest absolute Gasteiger partial charge is 0.489 e. The molecule has 8 heterocycles. The number of rotatable bonds is 20. The Balaban J connectivity index is 0.000000152. The van der Waals surface area contributed by atoms with Crippen molar-refractivity contribution in [1.29, 1.82) is 0 Å². The minimum Gasteiger partial charge on any atom is -0.489 e. The summed E-state index contributed by atoms with van der Waals surface area (Å²) in [6.45, 7) is 14.1. The summed E-state index contributed by atoms with van der Waals surface area (Å²) in [5.74, 6) is 10.6. The van der Waals surface area contributed by atoms with E-state index < -0.39 is 0 Å². The van der Waals surface area contributed by atoms with Crippen LogP contribution in [0.4, 0.5) is 81.5 Å². The minimum atomic E-state index is 0. The first kappa shape index (κ1) is 71.3. The SMILES string of the molecule is C.CN(C)c1cc(Nc2ccc(C3CCCCC3)cc2)nc(N2CCN(c3cnccn3)CC2)n1.CN(C)c1cc(Nc2cccc(OCc3ccccc3)c2)nc(N2CCN(c3cnccn3)CC2)n1.Cc1ccc(Nc2cc(N(C)C)nc(N3CCN(Cc4ccccc4)CC3)n2)cc1. The fourth-order valence-corrected chi connectivity index (χ4v) is 12.5. The summed E-state index contributed by atoms with van der Waals surface area (Å²) in [4.78, 5) is 66.0. The Morgan fingerprint density at radius 3 is 1.29 bits per heavy atom. The van der Waals surface area contributed by atoms with E-state index in [4.69, 9.17) is 34.6 Å². The van der Waals surface area contributed by atoms with Crippen LogP contribution in [-0.4, -0.2) is 176 Å². The highest BCUT2D eigenvalue weighted by atomic mass is 16.5. The van der Waals surface area contributed by atoms with Crippen LogP contribution >= 0.6 is 0 Å². The average molecular weight is 1360 g/mol. The number of aromatic nitrogens is 10. The molecule has 23 heteroatoms. The van der Waals surface area contributed by atoms with E-state index in [0.717, 1.165) is 172 Å². The zero-order valence-electron chi connectivity index (χ0n) is 58.8. The quantitative estimate of drug-likeness (QED) is 0.0649. The standard InChI is InChI=1S/C27H30N8O.C26H34N8.C24H30N6.CH4/c1-33(2)25-18-24(30-22-9-6-10-23(17-22)36-20-21-7-4-3-5-8-21)31-27(32-25)35-15-13-34(14-16-35)26-19-28-11-12-29-26;1-32(2)24-18-23(29-22-10-8-21(9-11-22)20-6-4-3-5-7-20)30-26(31-24)34-16-14-33(15-17-34)25-19-27-12-13-28-25;1-19-9-11-21(12-10-19)25-22-17-23(28(2)3)27-24(26-22)30-15-13-29(14-16-30)18-20-7-5-4-6-8-20;/h3-12,17-19H,13-16,20H2,1-2H3,(H,30,31,32);8-13,18-20H,3-7,14-17H2,1-2H3,(H,29,30,31);4-12,17H,13-16,18H2,1-3H3,(H,25,26,27);1H4. The first-order valence-corrected chi connectivity index (χ1v) is 34.8. The van der Waals surface area contributed by atoms with Gasteiger partial charge in [0.05, 0.1) is 12.4 Å². The molecule has 0 bridgehead atoms. The maximum Gasteiger partial charge on any atom is 0.229 e. The Bertz CT molecular complexity index is 4110. The molecule has 3 saturated heterocycles. The lowest BCUT2D eigenvalue weighted by Crippen LogP contribution is -2.47. The van der Waals surface area contributed by atoms with Gasteiger partial charge < -0.3 is 59.9 Å². The molecule has 0 unspecified atom stereocenters. The molecule has 1 saturated carbocycles. The summed E-state index contributed by atoms with van der Waals surface area (Å²) < 4.78 is 5.99. The molecule has 3 aliphatic heterocycles. The van der Waals surface area contributed by atoms with E-state index in [2.05, 4.69) is 163 Å². The molecule has 0 spiro atoms. The number of hydrogen-bond donors (Lipinski definition) is 3. The molecule has 0 radical (unpaired) electrons. The molecule has 5 aromatic heterocycles. The van der Waals surface area contributed by atoms with Gasteiger partial charge in [-0.3, -0.25) is 14.9 Å². The first-order chi connectivity index (χ1) is 48.9. The van der Waals surface area contributed by atoms with Gasteiger partial charge in [-0.1, -0.05) is 123 Å². The first-order valence-electron chi connectivity index (χ1n) is 34.8. The lowest BCUT2D eigenvalue weighted by atomic mass is 9.84. The molecule has 4 aliphatic rings. The Kier molecular flexibility index (Phi) is 24.9. The summed E-state index contributed by atoms with van der Waals surface area (Å²) in [6, 6.07) is 52.0. The zero-order chi connectivity index (χ0) is 69.0. The normalized spacial score (nSPS) is 14.8. The van der Waals surface area contributed by atoms with Crippen LogP contribution in [0.3, 0.4) is 0 Å². The van der Waals surface area contributed by atoms with Crippen LogP contribution in [0.15, 0.2) is 189 Å². The molecule has 0 amide bonds. The van der Waals surface area contributed by atoms with Crippen LogP contribution in [0.25, 0.3) is 0 Å². The third-order valence-corrected chi connectivity index (χ3v) is 18.2. The van der Waals surface area contributed by atoms with Crippen LogP contribution < -0.4 is 59.9 Å². The summed E-state index contributed by atoms with van der Waals surface area (Å²) in [7, 11) is 12.0. The van der Waals surface area contributed by atoms with Gasteiger partial charge in [0, 0.05) is 193 Å². The monoisotopic (exact) mass is 1360 g/mol. The van der Waals surface area contributed by atoms with E-state index >= 15 is 0 Å². The molecule has 10 aromatic rings. The maximum absolute atomic E-state index is 5.99. The smallest absolute Gasteiger partial charge is 0.229 e. The van der Waals surface area contributed by atoms with Crippen LogP contribution in [0.1, 0.15) is 67.7 Å². The third kappa shape index (κ3) is 20.4. The summed E-state index contributed by atoms with van der Waals surface area (Å²) in [5, 5.41) is 10.4. The lowest BCUT2D eigenvalue weighted by Gasteiger charge is -2.35. The fourth-order valence-electron chi connectivity index (χ4n) is 12.5. The third-order valence-electron chi connectivity index (χ3n) is 18.2. The van der Waals surface area contributed by atoms with Crippen LogP contribution in [-0.2, 0) is 13.2 Å². The van der Waals surface area contributed by atoms with Gasteiger partial charge in [0.1, 0.15) is 58.9 Å². The molecule has 3 N–H and O–H groups in total. The predicted molar refractivity (Wildman–Crippen MR) is 413 cm³/mol.